The summed E-state index contributed by atoms with van der Waals surface area (Å²) >= 11 is 3.52. The highest BCUT2D eigenvalue weighted by Gasteiger charge is 2.02. The van der Waals surface area contributed by atoms with Gasteiger partial charge >= 0.3 is 0 Å². The Morgan fingerprint density at radius 1 is 1.36 bits per heavy atom. The molecule has 1 rings (SSSR count). The van der Waals surface area contributed by atoms with Crippen LogP contribution in [0.2, 0.25) is 0 Å². The molecular weight excluding hydrogens is 240 g/mol. The first kappa shape index (κ1) is 11.3. The molecule has 0 unspecified atom stereocenters. The number of hydrogen-bond acceptors (Lipinski definition) is 1. The minimum atomic E-state index is 0.584. The average molecular weight is 255 g/mol. The first-order valence-corrected chi connectivity index (χ1v) is 5.34. The van der Waals surface area contributed by atoms with Gasteiger partial charge in [-0.2, -0.15) is 0 Å². The van der Waals surface area contributed by atoms with E-state index in [0.29, 0.717) is 6.61 Å². The van der Waals surface area contributed by atoms with Gasteiger partial charge in [-0.15, -0.1) is 0 Å². The summed E-state index contributed by atoms with van der Waals surface area (Å²) in [6.45, 7) is 10.5. The van der Waals surface area contributed by atoms with Crippen molar-refractivity contribution in [2.45, 2.75) is 20.8 Å². The monoisotopic (exact) mass is 254 g/mol. The third-order valence-electron chi connectivity index (χ3n) is 1.90. The lowest BCUT2D eigenvalue weighted by atomic mass is 10.1. The van der Waals surface area contributed by atoms with Crippen molar-refractivity contribution in [1.29, 1.82) is 0 Å². The molecule has 0 fully saturated rings. The lowest BCUT2D eigenvalue weighted by Gasteiger charge is -2.09. The van der Waals surface area contributed by atoms with Gasteiger partial charge in [0.05, 0.1) is 0 Å². The second-order valence-electron chi connectivity index (χ2n) is 3.62. The molecule has 0 aromatic heterocycles. The van der Waals surface area contributed by atoms with Crippen molar-refractivity contribution in [2.75, 3.05) is 6.61 Å². The van der Waals surface area contributed by atoms with E-state index < -0.39 is 0 Å². The Morgan fingerprint density at radius 3 is 2.29 bits per heavy atom. The molecule has 1 aromatic rings. The van der Waals surface area contributed by atoms with E-state index in [9.17, 15) is 0 Å². The topological polar surface area (TPSA) is 9.23 Å². The van der Waals surface area contributed by atoms with Crippen LogP contribution in [0.15, 0.2) is 28.8 Å². The second-order valence-corrected chi connectivity index (χ2v) is 4.41. The summed E-state index contributed by atoms with van der Waals surface area (Å²) in [5.41, 5.74) is 3.42. The highest BCUT2D eigenvalue weighted by Crippen LogP contribution is 2.26. The van der Waals surface area contributed by atoms with Crippen LogP contribution in [0.1, 0.15) is 18.1 Å². The molecule has 0 aliphatic carbocycles. The van der Waals surface area contributed by atoms with E-state index >= 15 is 0 Å². The molecule has 0 spiro atoms. The Labute approximate surface area is 93.9 Å². The van der Waals surface area contributed by atoms with E-state index in [2.05, 4.69) is 36.4 Å². The normalized spacial score (nSPS) is 10.0. The van der Waals surface area contributed by atoms with Gasteiger partial charge in [0.2, 0.25) is 0 Å². The van der Waals surface area contributed by atoms with E-state index in [1.807, 2.05) is 19.1 Å². The van der Waals surface area contributed by atoms with Gasteiger partial charge in [-0.25, -0.2) is 0 Å². The van der Waals surface area contributed by atoms with Crippen molar-refractivity contribution in [2.24, 2.45) is 0 Å². The molecule has 14 heavy (non-hydrogen) atoms. The van der Waals surface area contributed by atoms with E-state index in [-0.39, 0.29) is 0 Å². The lowest BCUT2D eigenvalue weighted by molar-refractivity contribution is 0.352. The summed E-state index contributed by atoms with van der Waals surface area (Å²) in [5.74, 6) is 0.909. The molecule has 0 aliphatic rings. The quantitative estimate of drug-likeness (QED) is 0.741. The number of benzene rings is 1. The smallest absolute Gasteiger partial charge is 0.120 e. The zero-order valence-corrected chi connectivity index (χ0v) is 10.4. The van der Waals surface area contributed by atoms with Crippen LogP contribution in [0.25, 0.3) is 0 Å². The maximum atomic E-state index is 5.56. The molecule has 0 N–H and O–H groups in total. The van der Waals surface area contributed by atoms with Gasteiger partial charge in [0.25, 0.3) is 0 Å². The summed E-state index contributed by atoms with van der Waals surface area (Å²) in [4.78, 5) is 0. The molecule has 76 valence electrons. The number of rotatable bonds is 3. The molecule has 0 saturated carbocycles. The lowest BCUT2D eigenvalue weighted by Crippen LogP contribution is -1.98. The molecule has 0 radical (unpaired) electrons. The van der Waals surface area contributed by atoms with Crippen LogP contribution < -0.4 is 4.74 Å². The molecular formula is C12H15BrO. The molecule has 0 heterocycles. The molecule has 0 amide bonds. The van der Waals surface area contributed by atoms with Crippen LogP contribution in [0.3, 0.4) is 0 Å². The fraction of sp³-hybridized carbons (Fsp3) is 0.333. The Morgan fingerprint density at radius 2 is 1.86 bits per heavy atom. The van der Waals surface area contributed by atoms with Crippen molar-refractivity contribution in [3.8, 4) is 5.75 Å². The van der Waals surface area contributed by atoms with Gasteiger partial charge in [0, 0.05) is 4.47 Å². The summed E-state index contributed by atoms with van der Waals surface area (Å²) in [6, 6.07) is 4.06. The first-order valence-electron chi connectivity index (χ1n) is 4.54. The van der Waals surface area contributed by atoms with E-state index in [0.717, 1.165) is 15.8 Å². The number of hydrogen-bond donors (Lipinski definition) is 0. The predicted molar refractivity (Wildman–Crippen MR) is 63.9 cm³/mol. The Hall–Kier alpha value is -0.760. The van der Waals surface area contributed by atoms with E-state index in [1.165, 1.54) is 11.1 Å². The van der Waals surface area contributed by atoms with Gasteiger partial charge in [-0.1, -0.05) is 22.5 Å². The summed E-state index contributed by atoms with van der Waals surface area (Å²) < 4.78 is 6.72. The van der Waals surface area contributed by atoms with Gasteiger partial charge < -0.3 is 4.74 Å². The number of halogens is 1. The summed E-state index contributed by atoms with van der Waals surface area (Å²) in [7, 11) is 0. The van der Waals surface area contributed by atoms with E-state index in [4.69, 9.17) is 4.74 Å². The van der Waals surface area contributed by atoms with Crippen molar-refractivity contribution in [3.63, 3.8) is 0 Å². The molecule has 0 saturated heterocycles. The minimum absolute atomic E-state index is 0.584. The summed E-state index contributed by atoms with van der Waals surface area (Å²) in [5, 5.41) is 0. The van der Waals surface area contributed by atoms with Gasteiger partial charge in [0.15, 0.2) is 0 Å². The highest BCUT2D eigenvalue weighted by molar-refractivity contribution is 9.10. The average Bonchev–Trinajstić information content (AvgIpc) is 2.10. The largest absolute Gasteiger partial charge is 0.489 e. The van der Waals surface area contributed by atoms with Crippen LogP contribution in [-0.2, 0) is 0 Å². The van der Waals surface area contributed by atoms with Crippen LogP contribution in [0.4, 0.5) is 0 Å². The maximum absolute atomic E-state index is 5.56. The van der Waals surface area contributed by atoms with Crippen molar-refractivity contribution in [3.05, 3.63) is 39.9 Å². The van der Waals surface area contributed by atoms with Gasteiger partial charge in [-0.05, 0) is 49.6 Å². The highest BCUT2D eigenvalue weighted by atomic mass is 79.9. The van der Waals surface area contributed by atoms with Gasteiger partial charge in [-0.3, -0.25) is 0 Å². The van der Waals surface area contributed by atoms with Crippen LogP contribution >= 0.6 is 15.9 Å². The van der Waals surface area contributed by atoms with Crippen molar-refractivity contribution in [1.82, 2.24) is 0 Å². The Balaban J connectivity index is 2.84. The standard InChI is InChI=1S/C12H15BrO/c1-8(2)7-14-11-5-9(3)12(13)10(4)6-11/h5-6H,1,7H2,2-4H3. The number of aryl methyl sites for hydroxylation is 2. The number of ether oxygens (including phenoxy) is 1. The summed E-state index contributed by atoms with van der Waals surface area (Å²) in [6.07, 6.45) is 0. The second kappa shape index (κ2) is 4.65. The molecule has 0 atom stereocenters. The third kappa shape index (κ3) is 2.88. The third-order valence-corrected chi connectivity index (χ3v) is 3.15. The van der Waals surface area contributed by atoms with Crippen LogP contribution in [-0.4, -0.2) is 6.61 Å². The van der Waals surface area contributed by atoms with E-state index in [1.54, 1.807) is 0 Å². The molecule has 1 aromatic carbocycles. The molecule has 1 nitrogen and oxygen atoms in total. The Kier molecular flexibility index (Phi) is 3.76. The zero-order chi connectivity index (χ0) is 10.7. The molecule has 2 heteroatoms. The zero-order valence-electron chi connectivity index (χ0n) is 8.86. The Bertz CT molecular complexity index is 332. The van der Waals surface area contributed by atoms with Crippen LogP contribution in [0.5, 0.6) is 5.75 Å². The van der Waals surface area contributed by atoms with Crippen LogP contribution in [0, 0.1) is 13.8 Å². The fourth-order valence-electron chi connectivity index (χ4n) is 1.20. The molecule has 0 aliphatic heterocycles. The maximum Gasteiger partial charge on any atom is 0.120 e. The minimum Gasteiger partial charge on any atom is -0.489 e. The van der Waals surface area contributed by atoms with Gasteiger partial charge in [0.1, 0.15) is 12.4 Å². The fourth-order valence-corrected chi connectivity index (χ4v) is 1.42. The first-order chi connectivity index (χ1) is 6.50. The predicted octanol–water partition coefficient (Wildman–Crippen LogP) is 4.02. The SMILES string of the molecule is C=C(C)COc1cc(C)c(Br)c(C)c1. The van der Waals surface area contributed by atoms with Crippen molar-refractivity contribution >= 4 is 15.9 Å². The molecule has 0 bridgehead atoms. The van der Waals surface area contributed by atoms with Crippen molar-refractivity contribution < 1.29 is 4.74 Å².